The molecule has 8 heteroatoms. The van der Waals surface area contributed by atoms with Gasteiger partial charge in [-0.2, -0.15) is 9.97 Å². The van der Waals surface area contributed by atoms with E-state index in [1.807, 2.05) is 12.1 Å². The van der Waals surface area contributed by atoms with Crippen LogP contribution in [0.4, 0.5) is 17.5 Å². The van der Waals surface area contributed by atoms with Crippen LogP contribution < -0.4 is 10.2 Å². The highest BCUT2D eigenvalue weighted by Gasteiger charge is 2.27. The fraction of sp³-hybridized carbons (Fsp3) is 0.294. The summed E-state index contributed by atoms with van der Waals surface area (Å²) in [4.78, 5) is 27.5. The average Bonchev–Trinajstić information content (AvgIpc) is 3.03. The Hall–Kier alpha value is -2.74. The number of aromatic nitrogens is 3. The molecule has 128 valence electrons. The number of thiazole rings is 1. The molecular weight excluding hydrogens is 338 g/mol. The van der Waals surface area contributed by atoms with Gasteiger partial charge in [0.25, 0.3) is 0 Å². The second-order valence-corrected chi connectivity index (χ2v) is 6.94. The molecule has 25 heavy (non-hydrogen) atoms. The average molecular weight is 355 g/mol. The maximum atomic E-state index is 10.8. The third kappa shape index (κ3) is 3.12. The second-order valence-electron chi connectivity index (χ2n) is 6.10. The molecule has 1 atom stereocenters. The largest absolute Gasteiger partial charge is 0.481 e. The molecule has 0 unspecified atom stereocenters. The van der Waals surface area contributed by atoms with E-state index >= 15 is 0 Å². The second kappa shape index (κ2) is 6.29. The third-order valence-electron chi connectivity index (χ3n) is 4.34. The lowest BCUT2D eigenvalue weighted by atomic mass is 10.1. The highest BCUT2D eigenvalue weighted by molar-refractivity contribution is 7.16. The van der Waals surface area contributed by atoms with Crippen molar-refractivity contribution in [2.45, 2.75) is 25.8 Å². The maximum absolute atomic E-state index is 10.8. The Kier molecular flexibility index (Phi) is 3.96. The normalized spacial score (nSPS) is 16.7. The first kappa shape index (κ1) is 15.8. The zero-order chi connectivity index (χ0) is 17.4. The molecule has 3 heterocycles. The highest BCUT2D eigenvalue weighted by atomic mass is 32.1. The molecule has 1 aliphatic heterocycles. The van der Waals surface area contributed by atoms with Crippen LogP contribution in [0.2, 0.25) is 0 Å². The molecule has 3 aromatic rings. The van der Waals surface area contributed by atoms with Crippen molar-refractivity contribution < 1.29 is 9.90 Å². The van der Waals surface area contributed by atoms with E-state index in [4.69, 9.17) is 5.11 Å². The number of fused-ring (bicyclic) bond motifs is 1. The van der Waals surface area contributed by atoms with E-state index < -0.39 is 5.97 Å². The summed E-state index contributed by atoms with van der Waals surface area (Å²) in [6.45, 7) is 3.13. The smallest absolute Gasteiger partial charge is 0.307 e. The minimum absolute atomic E-state index is 0.0150. The third-order valence-corrected chi connectivity index (χ3v) is 5.05. The minimum atomic E-state index is -0.839. The number of carbonyl (C=O) groups is 1. The van der Waals surface area contributed by atoms with Gasteiger partial charge >= 0.3 is 5.97 Å². The van der Waals surface area contributed by atoms with E-state index in [0.717, 1.165) is 40.5 Å². The highest BCUT2D eigenvalue weighted by Crippen LogP contribution is 2.30. The number of nitrogens with zero attached hydrogens (tertiary/aromatic N) is 4. The van der Waals surface area contributed by atoms with E-state index in [0.29, 0.717) is 11.9 Å². The number of hydrogen-bond donors (Lipinski definition) is 2. The van der Waals surface area contributed by atoms with Gasteiger partial charge in [-0.25, -0.2) is 4.98 Å². The van der Waals surface area contributed by atoms with Crippen LogP contribution in [-0.2, 0) is 11.2 Å². The molecule has 7 nitrogen and oxygen atoms in total. The van der Waals surface area contributed by atoms with Crippen LogP contribution in [0, 0.1) is 0 Å². The molecule has 2 aromatic heterocycles. The van der Waals surface area contributed by atoms with Crippen LogP contribution in [0.25, 0.3) is 10.3 Å². The predicted molar refractivity (Wildman–Crippen MR) is 97.7 cm³/mol. The minimum Gasteiger partial charge on any atom is -0.481 e. The number of rotatable bonds is 5. The van der Waals surface area contributed by atoms with Crippen LogP contribution in [0.3, 0.4) is 0 Å². The predicted octanol–water partition coefficient (Wildman–Crippen LogP) is 3.06. The fourth-order valence-electron chi connectivity index (χ4n) is 2.80. The van der Waals surface area contributed by atoms with Crippen molar-refractivity contribution in [3.8, 4) is 0 Å². The quantitative estimate of drug-likeness (QED) is 0.727. The fourth-order valence-corrected chi connectivity index (χ4v) is 3.45. The summed E-state index contributed by atoms with van der Waals surface area (Å²) < 4.78 is 0. The number of hydrogen-bond acceptors (Lipinski definition) is 7. The molecule has 0 saturated carbocycles. The van der Waals surface area contributed by atoms with Crippen LogP contribution >= 0.6 is 11.3 Å². The molecule has 0 amide bonds. The molecule has 1 fully saturated rings. The maximum Gasteiger partial charge on any atom is 0.307 e. The summed E-state index contributed by atoms with van der Waals surface area (Å²) >= 11 is 1.49. The molecule has 4 rings (SSSR count). The van der Waals surface area contributed by atoms with Crippen molar-refractivity contribution in [3.63, 3.8) is 0 Å². The molecule has 1 aliphatic rings. The van der Waals surface area contributed by atoms with E-state index in [2.05, 4.69) is 32.1 Å². The first-order valence-electron chi connectivity index (χ1n) is 8.06. The van der Waals surface area contributed by atoms with Crippen molar-refractivity contribution in [2.75, 3.05) is 16.8 Å². The van der Waals surface area contributed by atoms with Crippen LogP contribution in [-0.4, -0.2) is 38.6 Å². The van der Waals surface area contributed by atoms with Crippen molar-refractivity contribution in [2.24, 2.45) is 0 Å². The summed E-state index contributed by atoms with van der Waals surface area (Å²) in [6.07, 6.45) is 1.17. The number of carboxylic acid groups (broad SMARTS) is 1. The van der Waals surface area contributed by atoms with Crippen LogP contribution in [0.1, 0.15) is 18.9 Å². The lowest BCUT2D eigenvalue weighted by Crippen LogP contribution is -2.46. The van der Waals surface area contributed by atoms with E-state index in [1.54, 1.807) is 17.6 Å². The molecule has 0 spiro atoms. The number of anilines is 3. The van der Waals surface area contributed by atoms with Crippen molar-refractivity contribution in [1.29, 1.82) is 0 Å². The summed E-state index contributed by atoms with van der Waals surface area (Å²) in [5.74, 6) is 0.556. The first-order chi connectivity index (χ1) is 12.1. The van der Waals surface area contributed by atoms with Crippen molar-refractivity contribution >= 4 is 45.1 Å². The SMILES string of the molecule is C[C@H]1CCN1c1nc(Nc2ccc(CC(=O)O)cc2)c2ncsc2n1. The first-order valence-corrected chi connectivity index (χ1v) is 8.94. The summed E-state index contributed by atoms with van der Waals surface area (Å²) in [6, 6.07) is 7.76. The van der Waals surface area contributed by atoms with E-state index in [1.165, 1.54) is 11.3 Å². The van der Waals surface area contributed by atoms with Crippen molar-refractivity contribution in [3.05, 3.63) is 35.3 Å². The van der Waals surface area contributed by atoms with Gasteiger partial charge in [0.1, 0.15) is 5.52 Å². The van der Waals surface area contributed by atoms with E-state index in [-0.39, 0.29) is 6.42 Å². The van der Waals surface area contributed by atoms with Crippen LogP contribution in [0.5, 0.6) is 0 Å². The lowest BCUT2D eigenvalue weighted by molar-refractivity contribution is -0.136. The Labute approximate surface area is 148 Å². The van der Waals surface area contributed by atoms with Gasteiger partial charge in [0.05, 0.1) is 11.9 Å². The summed E-state index contributed by atoms with van der Waals surface area (Å²) in [5.41, 5.74) is 4.11. The Morgan fingerprint density at radius 2 is 2.16 bits per heavy atom. The molecular formula is C17H17N5O2S. The van der Waals surface area contributed by atoms with Gasteiger partial charge in [0, 0.05) is 18.3 Å². The monoisotopic (exact) mass is 355 g/mol. The molecule has 2 N–H and O–H groups in total. The van der Waals surface area contributed by atoms with Gasteiger partial charge < -0.3 is 15.3 Å². The topological polar surface area (TPSA) is 91.2 Å². The molecule has 1 saturated heterocycles. The summed E-state index contributed by atoms with van der Waals surface area (Å²) in [7, 11) is 0. The van der Waals surface area contributed by atoms with Crippen molar-refractivity contribution in [1.82, 2.24) is 15.0 Å². The van der Waals surface area contributed by atoms with E-state index in [9.17, 15) is 4.79 Å². The number of nitrogens with one attached hydrogen (secondary N) is 1. The number of benzene rings is 1. The summed E-state index contributed by atoms with van der Waals surface area (Å²) in [5, 5.41) is 12.1. The number of aliphatic carboxylic acids is 1. The Morgan fingerprint density at radius 1 is 1.36 bits per heavy atom. The Bertz CT molecular complexity index is 924. The molecule has 0 aliphatic carbocycles. The van der Waals surface area contributed by atoms with Gasteiger partial charge in [-0.1, -0.05) is 12.1 Å². The zero-order valence-electron chi connectivity index (χ0n) is 13.6. The molecule has 0 radical (unpaired) electrons. The molecule has 1 aromatic carbocycles. The standard InChI is InChI=1S/C17H17N5O2S/c1-10-6-7-22(10)17-20-15(14-16(21-17)25-9-18-14)19-12-4-2-11(3-5-12)8-13(23)24/h2-5,9-10H,6-8H2,1H3,(H,23,24)(H,19,20,21)/t10-/m0/s1. The lowest BCUT2D eigenvalue weighted by Gasteiger charge is -2.38. The van der Waals surface area contributed by atoms with Gasteiger partial charge in [-0.3, -0.25) is 4.79 Å². The Balaban J connectivity index is 1.64. The van der Waals surface area contributed by atoms with Gasteiger partial charge in [-0.15, -0.1) is 11.3 Å². The molecule has 0 bridgehead atoms. The van der Waals surface area contributed by atoms with Crippen LogP contribution in [0.15, 0.2) is 29.8 Å². The zero-order valence-corrected chi connectivity index (χ0v) is 14.5. The van der Waals surface area contributed by atoms with Gasteiger partial charge in [0.15, 0.2) is 10.6 Å². The Morgan fingerprint density at radius 3 is 2.80 bits per heavy atom. The van der Waals surface area contributed by atoms with Gasteiger partial charge in [-0.05, 0) is 31.0 Å². The van der Waals surface area contributed by atoms with Gasteiger partial charge in [0.2, 0.25) is 5.95 Å². The number of carboxylic acids is 1.